The number of thiazole rings is 1. The van der Waals surface area contributed by atoms with Crippen LogP contribution in [0.4, 0.5) is 0 Å². The van der Waals surface area contributed by atoms with Crippen LogP contribution in [0, 0.1) is 24.2 Å². The first-order chi connectivity index (χ1) is 7.04. The van der Waals surface area contributed by atoms with Gasteiger partial charge in [-0.2, -0.15) is 5.26 Å². The van der Waals surface area contributed by atoms with Gasteiger partial charge in [0.1, 0.15) is 10.9 Å². The molecule has 0 aromatic carbocycles. The quantitative estimate of drug-likeness (QED) is 0.849. The maximum atomic E-state index is 11.4. The average molecular weight is 223 g/mol. The van der Waals surface area contributed by atoms with Gasteiger partial charge in [-0.1, -0.05) is 0 Å². The van der Waals surface area contributed by atoms with Crippen LogP contribution in [0.1, 0.15) is 29.8 Å². The zero-order valence-electron chi connectivity index (χ0n) is 8.94. The summed E-state index contributed by atoms with van der Waals surface area (Å²) >= 11 is 1.55. The van der Waals surface area contributed by atoms with E-state index in [1.165, 1.54) is 0 Å². The SMILES string of the molecule is Cc1cnc(C(C)NC(=O)C(C)C#N)s1. The van der Waals surface area contributed by atoms with E-state index in [-0.39, 0.29) is 11.9 Å². The molecular formula is C10H13N3OS. The smallest absolute Gasteiger partial charge is 0.237 e. The predicted molar refractivity (Wildman–Crippen MR) is 58.2 cm³/mol. The third-order valence-electron chi connectivity index (χ3n) is 1.96. The lowest BCUT2D eigenvalue weighted by Crippen LogP contribution is -2.30. The summed E-state index contributed by atoms with van der Waals surface area (Å²) in [4.78, 5) is 16.7. The molecule has 0 aliphatic heterocycles. The van der Waals surface area contributed by atoms with E-state index in [4.69, 9.17) is 5.26 Å². The molecule has 0 saturated carbocycles. The van der Waals surface area contributed by atoms with Crippen LogP contribution in [0.25, 0.3) is 0 Å². The largest absolute Gasteiger partial charge is 0.346 e. The lowest BCUT2D eigenvalue weighted by atomic mass is 10.2. The van der Waals surface area contributed by atoms with Crippen molar-refractivity contribution in [2.24, 2.45) is 5.92 Å². The van der Waals surface area contributed by atoms with Gasteiger partial charge in [-0.15, -0.1) is 11.3 Å². The second-order valence-corrected chi connectivity index (χ2v) is 4.66. The molecule has 1 rings (SSSR count). The Morgan fingerprint density at radius 1 is 1.67 bits per heavy atom. The van der Waals surface area contributed by atoms with E-state index in [1.807, 2.05) is 19.9 Å². The summed E-state index contributed by atoms with van der Waals surface area (Å²) in [6.07, 6.45) is 1.77. The molecule has 0 fully saturated rings. The predicted octanol–water partition coefficient (Wildman–Crippen LogP) is 1.79. The number of carbonyl (C=O) groups excluding carboxylic acids is 1. The number of nitriles is 1. The molecule has 80 valence electrons. The molecule has 0 radical (unpaired) electrons. The zero-order chi connectivity index (χ0) is 11.4. The van der Waals surface area contributed by atoms with E-state index in [0.29, 0.717) is 0 Å². The van der Waals surface area contributed by atoms with Crippen molar-refractivity contribution in [2.75, 3.05) is 0 Å². The van der Waals surface area contributed by atoms with E-state index >= 15 is 0 Å². The highest BCUT2D eigenvalue weighted by Gasteiger charge is 2.16. The van der Waals surface area contributed by atoms with Gasteiger partial charge >= 0.3 is 0 Å². The molecule has 2 atom stereocenters. The van der Waals surface area contributed by atoms with Gasteiger partial charge in [0, 0.05) is 11.1 Å². The van der Waals surface area contributed by atoms with Gasteiger partial charge in [0.15, 0.2) is 0 Å². The molecule has 4 nitrogen and oxygen atoms in total. The highest BCUT2D eigenvalue weighted by atomic mass is 32.1. The molecule has 1 heterocycles. The highest BCUT2D eigenvalue weighted by Crippen LogP contribution is 2.19. The van der Waals surface area contributed by atoms with Crippen LogP contribution in [0.2, 0.25) is 0 Å². The number of aromatic nitrogens is 1. The molecule has 1 aromatic heterocycles. The Hall–Kier alpha value is -1.41. The molecule has 0 aliphatic carbocycles. The second-order valence-electron chi connectivity index (χ2n) is 3.39. The minimum absolute atomic E-state index is 0.132. The molecule has 5 heteroatoms. The molecule has 0 aliphatic rings. The number of aryl methyl sites for hydroxylation is 1. The van der Waals surface area contributed by atoms with Crippen LogP contribution in [0.15, 0.2) is 6.20 Å². The van der Waals surface area contributed by atoms with Gasteiger partial charge in [0.2, 0.25) is 5.91 Å². The van der Waals surface area contributed by atoms with E-state index in [0.717, 1.165) is 9.88 Å². The van der Waals surface area contributed by atoms with Gasteiger partial charge in [0.05, 0.1) is 12.1 Å². The summed E-state index contributed by atoms with van der Waals surface area (Å²) in [5.74, 6) is -0.869. The van der Waals surface area contributed by atoms with E-state index in [1.54, 1.807) is 24.5 Å². The average Bonchev–Trinajstić information content (AvgIpc) is 2.63. The minimum Gasteiger partial charge on any atom is -0.346 e. The summed E-state index contributed by atoms with van der Waals surface area (Å²) in [5.41, 5.74) is 0. The van der Waals surface area contributed by atoms with Crippen LogP contribution >= 0.6 is 11.3 Å². The maximum absolute atomic E-state index is 11.4. The lowest BCUT2D eigenvalue weighted by molar-refractivity contribution is -0.123. The fourth-order valence-electron chi connectivity index (χ4n) is 1.03. The van der Waals surface area contributed by atoms with Crippen LogP contribution < -0.4 is 5.32 Å². The highest BCUT2D eigenvalue weighted by molar-refractivity contribution is 7.11. The van der Waals surface area contributed by atoms with Crippen LogP contribution in [-0.4, -0.2) is 10.9 Å². The molecule has 2 unspecified atom stereocenters. The van der Waals surface area contributed by atoms with E-state index in [9.17, 15) is 4.79 Å². The molecule has 15 heavy (non-hydrogen) atoms. The summed E-state index contributed by atoms with van der Waals surface area (Å²) in [7, 11) is 0. The number of amides is 1. The molecule has 1 amide bonds. The first kappa shape index (κ1) is 11.7. The molecule has 1 N–H and O–H groups in total. The van der Waals surface area contributed by atoms with Gasteiger partial charge in [0.25, 0.3) is 0 Å². The van der Waals surface area contributed by atoms with E-state index < -0.39 is 5.92 Å². The molecule has 0 bridgehead atoms. The molecule has 0 spiro atoms. The van der Waals surface area contributed by atoms with Crippen molar-refractivity contribution in [3.05, 3.63) is 16.1 Å². The maximum Gasteiger partial charge on any atom is 0.237 e. The van der Waals surface area contributed by atoms with Crippen molar-refractivity contribution in [1.29, 1.82) is 5.26 Å². The third-order valence-corrected chi connectivity index (χ3v) is 3.05. The summed E-state index contributed by atoms with van der Waals surface area (Å²) in [5, 5.41) is 12.2. The Morgan fingerprint density at radius 2 is 2.33 bits per heavy atom. The lowest BCUT2D eigenvalue weighted by Gasteiger charge is -2.11. The van der Waals surface area contributed by atoms with Crippen LogP contribution in [-0.2, 0) is 4.79 Å². The number of nitrogens with zero attached hydrogens (tertiary/aromatic N) is 2. The fourth-order valence-corrected chi connectivity index (χ4v) is 1.81. The Morgan fingerprint density at radius 3 is 2.80 bits per heavy atom. The summed E-state index contributed by atoms with van der Waals surface area (Å²) in [6, 6.07) is 1.77. The van der Waals surface area contributed by atoms with E-state index in [2.05, 4.69) is 10.3 Å². The van der Waals surface area contributed by atoms with Crippen LogP contribution in [0.5, 0.6) is 0 Å². The van der Waals surface area contributed by atoms with Gasteiger partial charge in [-0.25, -0.2) is 4.98 Å². The first-order valence-electron chi connectivity index (χ1n) is 4.67. The number of hydrogen-bond acceptors (Lipinski definition) is 4. The standard InChI is InChI=1S/C10H13N3OS/c1-6(4-11)9(14)13-8(3)10-12-5-7(2)15-10/h5-6,8H,1-3H3,(H,13,14). The number of rotatable bonds is 3. The van der Waals surface area contributed by atoms with Crippen LogP contribution in [0.3, 0.4) is 0 Å². The Bertz CT molecular complexity index is 394. The summed E-state index contributed by atoms with van der Waals surface area (Å²) < 4.78 is 0. The number of hydrogen-bond donors (Lipinski definition) is 1. The number of nitrogens with one attached hydrogen (secondary N) is 1. The topological polar surface area (TPSA) is 65.8 Å². The van der Waals surface area contributed by atoms with Crippen molar-refractivity contribution in [3.63, 3.8) is 0 Å². The zero-order valence-corrected chi connectivity index (χ0v) is 9.76. The molecular weight excluding hydrogens is 210 g/mol. The third kappa shape index (κ3) is 3.03. The molecule has 1 aromatic rings. The normalized spacial score (nSPS) is 14.0. The van der Waals surface area contributed by atoms with Crippen molar-refractivity contribution >= 4 is 17.2 Å². The van der Waals surface area contributed by atoms with Crippen molar-refractivity contribution in [1.82, 2.24) is 10.3 Å². The Kier molecular flexibility index (Phi) is 3.81. The van der Waals surface area contributed by atoms with Gasteiger partial charge < -0.3 is 5.32 Å². The Labute approximate surface area is 92.9 Å². The Balaban J connectivity index is 2.61. The number of carbonyl (C=O) groups is 1. The van der Waals surface area contributed by atoms with Crippen molar-refractivity contribution < 1.29 is 4.79 Å². The minimum atomic E-state index is -0.617. The van der Waals surface area contributed by atoms with Gasteiger partial charge in [-0.05, 0) is 20.8 Å². The summed E-state index contributed by atoms with van der Waals surface area (Å²) in [6.45, 7) is 5.41. The monoisotopic (exact) mass is 223 g/mol. The second kappa shape index (κ2) is 4.89. The fraction of sp³-hybridized carbons (Fsp3) is 0.500. The van der Waals surface area contributed by atoms with Gasteiger partial charge in [-0.3, -0.25) is 4.79 Å². The van der Waals surface area contributed by atoms with Crippen molar-refractivity contribution in [3.8, 4) is 6.07 Å². The molecule has 0 saturated heterocycles. The first-order valence-corrected chi connectivity index (χ1v) is 5.48. The van der Waals surface area contributed by atoms with Crippen molar-refractivity contribution in [2.45, 2.75) is 26.8 Å².